The highest BCUT2D eigenvalue weighted by Gasteiger charge is 2.40. The van der Waals surface area contributed by atoms with Gasteiger partial charge in [-0.25, -0.2) is 0 Å². The molecule has 2 atom stereocenters. The molecule has 0 N–H and O–H groups in total. The summed E-state index contributed by atoms with van der Waals surface area (Å²) in [5.41, 5.74) is 1.95. The van der Waals surface area contributed by atoms with Crippen LogP contribution in [0.25, 0.3) is 0 Å². The van der Waals surface area contributed by atoms with E-state index < -0.39 is 0 Å². The summed E-state index contributed by atoms with van der Waals surface area (Å²) in [4.78, 5) is 12.9. The SMILES string of the molecule is CC(C)(C)N1CC2CC(C2)C1.CC(C)(C)N1CC2CCC(C1)O2.CC(C)(C)N1CCCCC1.CC(C)(C)N1CCCCC1.CC(C)(C)N1CCCCC1. The van der Waals surface area contributed by atoms with Crippen molar-refractivity contribution in [1.29, 1.82) is 0 Å². The van der Waals surface area contributed by atoms with E-state index in [1.54, 1.807) is 0 Å². The number of piperidine rings is 5. The summed E-state index contributed by atoms with van der Waals surface area (Å²) in [6, 6.07) is 0. The van der Waals surface area contributed by atoms with E-state index in [-0.39, 0.29) is 0 Å². The molecular formula is C47H95N5O. The molecule has 0 amide bonds. The number of nitrogens with zero attached hydrogens (tertiary/aromatic N) is 5. The van der Waals surface area contributed by atoms with Gasteiger partial charge >= 0.3 is 0 Å². The van der Waals surface area contributed by atoms with Crippen LogP contribution in [-0.4, -0.2) is 130 Å². The molecule has 1 saturated carbocycles. The van der Waals surface area contributed by atoms with Gasteiger partial charge in [-0.1, -0.05) is 19.3 Å². The van der Waals surface area contributed by atoms with E-state index in [1.807, 2.05) is 0 Å². The minimum absolute atomic E-state index is 0.324. The Morgan fingerprint density at radius 2 is 0.566 bits per heavy atom. The Morgan fingerprint density at radius 1 is 0.321 bits per heavy atom. The number of likely N-dealkylation sites (tertiary alicyclic amines) is 4. The highest BCUT2D eigenvalue weighted by atomic mass is 16.5. The molecule has 0 radical (unpaired) electrons. The lowest BCUT2D eigenvalue weighted by Crippen LogP contribution is -2.55. The van der Waals surface area contributed by atoms with Crippen molar-refractivity contribution in [2.75, 3.05) is 65.4 Å². The van der Waals surface area contributed by atoms with E-state index in [1.165, 1.54) is 136 Å². The van der Waals surface area contributed by atoms with Gasteiger partial charge in [0.15, 0.2) is 0 Å². The highest BCUT2D eigenvalue weighted by Crippen LogP contribution is 2.41. The molecule has 0 aromatic heterocycles. The van der Waals surface area contributed by atoms with Gasteiger partial charge in [0, 0.05) is 53.9 Å². The Morgan fingerprint density at radius 3 is 0.774 bits per heavy atom. The summed E-state index contributed by atoms with van der Waals surface area (Å²) < 4.78 is 5.78. The molecule has 4 bridgehead atoms. The summed E-state index contributed by atoms with van der Waals surface area (Å²) in [7, 11) is 0. The summed E-state index contributed by atoms with van der Waals surface area (Å²) in [5, 5.41) is 0. The molecule has 1 aliphatic carbocycles. The van der Waals surface area contributed by atoms with Crippen LogP contribution in [0.1, 0.15) is 187 Å². The second-order valence-corrected chi connectivity index (χ2v) is 23.0. The molecule has 7 aliphatic heterocycles. The third-order valence-electron chi connectivity index (χ3n) is 13.1. The maximum Gasteiger partial charge on any atom is 0.0707 e. The Bertz CT molecular complexity index is 898. The number of hydrogen-bond acceptors (Lipinski definition) is 6. The quantitative estimate of drug-likeness (QED) is 0.245. The molecule has 0 aromatic carbocycles. The van der Waals surface area contributed by atoms with Crippen LogP contribution in [-0.2, 0) is 4.74 Å². The van der Waals surface area contributed by atoms with E-state index in [2.05, 4.69) is 128 Å². The predicted octanol–water partition coefficient (Wildman–Crippen LogP) is 10.6. The van der Waals surface area contributed by atoms with Gasteiger partial charge in [0.25, 0.3) is 0 Å². The lowest BCUT2D eigenvalue weighted by Gasteiger charge is -2.52. The van der Waals surface area contributed by atoms with Crippen LogP contribution in [0, 0.1) is 11.8 Å². The van der Waals surface area contributed by atoms with Gasteiger partial charge in [0.1, 0.15) is 0 Å². The molecule has 0 spiro atoms. The van der Waals surface area contributed by atoms with Crippen molar-refractivity contribution < 1.29 is 4.74 Å². The minimum atomic E-state index is 0.324. The van der Waals surface area contributed by atoms with Crippen molar-refractivity contribution in [2.24, 2.45) is 11.8 Å². The fraction of sp³-hybridized carbons (Fsp3) is 1.00. The average Bonchev–Trinajstić information content (AvgIpc) is 3.41. The Labute approximate surface area is 332 Å². The van der Waals surface area contributed by atoms with Gasteiger partial charge in [0.2, 0.25) is 0 Å². The maximum atomic E-state index is 5.78. The first kappa shape index (κ1) is 47.1. The van der Waals surface area contributed by atoms with Gasteiger partial charge < -0.3 is 4.74 Å². The molecule has 2 unspecified atom stereocenters. The Hall–Kier alpha value is -0.240. The van der Waals surface area contributed by atoms with Crippen LogP contribution in [0.15, 0.2) is 0 Å². The van der Waals surface area contributed by atoms with Crippen LogP contribution in [0.5, 0.6) is 0 Å². The standard InChI is InChI=1S/C10H19NO.C10H19N.3C9H19N/c1-10(2,3)11-6-8-4-5-9(7-11)12-8;1-10(2,3)11-6-8-4-9(5-8)7-11;3*1-9(2,3)10-7-5-4-6-8-10/h8-9H,4-7H2,1-3H3;8-9H,4-7H2,1-3H3;3*4-8H2,1-3H3. The van der Waals surface area contributed by atoms with Crippen molar-refractivity contribution in [3.8, 4) is 0 Å². The zero-order valence-electron chi connectivity index (χ0n) is 38.7. The zero-order chi connectivity index (χ0) is 39.7. The zero-order valence-corrected chi connectivity index (χ0v) is 38.7. The molecule has 6 heteroatoms. The number of morpholine rings is 1. The van der Waals surface area contributed by atoms with Crippen molar-refractivity contribution in [3.63, 3.8) is 0 Å². The molecule has 8 rings (SSSR count). The maximum absolute atomic E-state index is 5.78. The third kappa shape index (κ3) is 17.0. The van der Waals surface area contributed by atoms with Gasteiger partial charge in [-0.2, -0.15) is 0 Å². The van der Waals surface area contributed by atoms with Crippen molar-refractivity contribution >= 4 is 0 Å². The Balaban J connectivity index is 0.000000179. The second kappa shape index (κ2) is 20.4. The number of fused-ring (bicyclic) bond motifs is 4. The lowest BCUT2D eigenvalue weighted by atomic mass is 9.70. The van der Waals surface area contributed by atoms with Gasteiger partial charge in [0.05, 0.1) is 12.2 Å². The molecule has 6 nitrogen and oxygen atoms in total. The van der Waals surface area contributed by atoms with E-state index in [0.717, 1.165) is 24.9 Å². The summed E-state index contributed by atoms with van der Waals surface area (Å²) >= 11 is 0. The fourth-order valence-corrected chi connectivity index (χ4v) is 9.27. The number of hydrogen-bond donors (Lipinski definition) is 0. The van der Waals surface area contributed by atoms with Crippen molar-refractivity contribution in [2.45, 2.75) is 227 Å². The van der Waals surface area contributed by atoms with Crippen LogP contribution in [0.4, 0.5) is 0 Å². The molecule has 8 fully saturated rings. The number of ether oxygens (including phenoxy) is 1. The third-order valence-corrected chi connectivity index (χ3v) is 13.1. The molecule has 7 saturated heterocycles. The van der Waals surface area contributed by atoms with E-state index in [0.29, 0.717) is 39.9 Å². The summed E-state index contributed by atoms with van der Waals surface area (Å²) in [6.45, 7) is 47.5. The van der Waals surface area contributed by atoms with Gasteiger partial charge in [-0.05, 0) is 219 Å². The predicted molar refractivity (Wildman–Crippen MR) is 232 cm³/mol. The van der Waals surface area contributed by atoms with Crippen molar-refractivity contribution in [3.05, 3.63) is 0 Å². The lowest BCUT2D eigenvalue weighted by molar-refractivity contribution is -0.0668. The van der Waals surface area contributed by atoms with Gasteiger partial charge in [-0.3, -0.25) is 24.5 Å². The smallest absolute Gasteiger partial charge is 0.0707 e. The van der Waals surface area contributed by atoms with E-state index >= 15 is 0 Å². The minimum Gasteiger partial charge on any atom is -0.372 e. The Kier molecular flexibility index (Phi) is 18.2. The normalized spacial score (nSPS) is 29.5. The molecule has 314 valence electrons. The first-order valence-electron chi connectivity index (χ1n) is 22.8. The van der Waals surface area contributed by atoms with Crippen molar-refractivity contribution in [1.82, 2.24) is 24.5 Å². The largest absolute Gasteiger partial charge is 0.372 e. The second-order valence-electron chi connectivity index (χ2n) is 23.0. The van der Waals surface area contributed by atoms with Crippen LogP contribution in [0.3, 0.4) is 0 Å². The fourth-order valence-electron chi connectivity index (χ4n) is 9.27. The number of rotatable bonds is 0. The molecule has 7 heterocycles. The molecular weight excluding hydrogens is 651 g/mol. The van der Waals surface area contributed by atoms with Gasteiger partial charge in [-0.15, -0.1) is 0 Å². The first-order chi connectivity index (χ1) is 24.4. The molecule has 0 aromatic rings. The molecule has 8 aliphatic rings. The van der Waals surface area contributed by atoms with Crippen LogP contribution in [0.2, 0.25) is 0 Å². The first-order valence-corrected chi connectivity index (χ1v) is 22.8. The monoisotopic (exact) mass is 746 g/mol. The topological polar surface area (TPSA) is 25.4 Å². The average molecular weight is 746 g/mol. The molecule has 53 heavy (non-hydrogen) atoms. The van der Waals surface area contributed by atoms with Crippen LogP contribution >= 0.6 is 0 Å². The highest BCUT2D eigenvalue weighted by molar-refractivity contribution is 4.94. The van der Waals surface area contributed by atoms with E-state index in [4.69, 9.17) is 4.74 Å². The van der Waals surface area contributed by atoms with E-state index in [9.17, 15) is 0 Å². The van der Waals surface area contributed by atoms with Crippen LogP contribution < -0.4 is 0 Å². The summed E-state index contributed by atoms with van der Waals surface area (Å²) in [6.07, 6.45) is 19.4. The summed E-state index contributed by atoms with van der Waals surface area (Å²) in [5.74, 6) is 2.10.